The molecule has 2 N–H and O–H groups in total. The maximum atomic E-state index is 13.2. The van der Waals surface area contributed by atoms with E-state index in [9.17, 15) is 4.39 Å². The van der Waals surface area contributed by atoms with Gasteiger partial charge >= 0.3 is 0 Å². The Labute approximate surface area is 152 Å². The summed E-state index contributed by atoms with van der Waals surface area (Å²) >= 11 is 0. The first-order valence-electron chi connectivity index (χ1n) is 8.43. The number of rotatable bonds is 6. The third-order valence-corrected chi connectivity index (χ3v) is 3.83. The largest absolute Gasteiger partial charge is 0.444 e. The van der Waals surface area contributed by atoms with E-state index in [1.807, 2.05) is 36.4 Å². The summed E-state index contributed by atoms with van der Waals surface area (Å²) in [4.78, 5) is 8.65. The molecule has 1 heterocycles. The number of oxazole rings is 1. The fourth-order valence-corrected chi connectivity index (χ4v) is 2.51. The van der Waals surface area contributed by atoms with Gasteiger partial charge in [0, 0.05) is 19.2 Å². The van der Waals surface area contributed by atoms with Crippen molar-refractivity contribution in [1.29, 1.82) is 0 Å². The summed E-state index contributed by atoms with van der Waals surface area (Å²) in [7, 11) is 1.70. The lowest BCUT2D eigenvalue weighted by atomic mass is 10.1. The Kier molecular flexibility index (Phi) is 5.98. The Morgan fingerprint density at radius 2 is 1.96 bits per heavy atom. The molecule has 0 saturated heterocycles. The van der Waals surface area contributed by atoms with Crippen LogP contribution in [0.4, 0.5) is 4.39 Å². The molecule has 0 amide bonds. The lowest BCUT2D eigenvalue weighted by molar-refractivity contribution is 0.572. The normalized spacial score (nSPS) is 11.4. The van der Waals surface area contributed by atoms with Gasteiger partial charge in [-0.15, -0.1) is 0 Å². The van der Waals surface area contributed by atoms with Gasteiger partial charge in [0.05, 0.1) is 12.2 Å². The lowest BCUT2D eigenvalue weighted by Crippen LogP contribution is -2.37. The van der Waals surface area contributed by atoms with Crippen molar-refractivity contribution >= 4 is 5.96 Å². The minimum atomic E-state index is -0.217. The Morgan fingerprint density at radius 3 is 2.73 bits per heavy atom. The predicted molar refractivity (Wildman–Crippen MR) is 100 cm³/mol. The fourth-order valence-electron chi connectivity index (χ4n) is 2.51. The molecule has 0 aliphatic carbocycles. The minimum Gasteiger partial charge on any atom is -0.444 e. The summed E-state index contributed by atoms with van der Waals surface area (Å²) in [6.45, 7) is 1.15. The van der Waals surface area contributed by atoms with Crippen molar-refractivity contribution < 1.29 is 8.81 Å². The van der Waals surface area contributed by atoms with Crippen LogP contribution in [0.1, 0.15) is 11.3 Å². The van der Waals surface area contributed by atoms with Crippen molar-refractivity contribution in [1.82, 2.24) is 15.6 Å². The third kappa shape index (κ3) is 4.92. The number of nitrogens with one attached hydrogen (secondary N) is 2. The summed E-state index contributed by atoms with van der Waals surface area (Å²) in [6.07, 6.45) is 2.34. The standard InChI is InChI=1S/C20H21FN4O/c1-22-20(23-11-10-15-6-5-9-17(21)12-15)24-13-18-14-26-19(25-18)16-7-3-2-4-8-16/h2-9,12,14H,10-11,13H2,1H3,(H2,22,23,24). The van der Waals surface area contributed by atoms with Crippen LogP contribution in [0.3, 0.4) is 0 Å². The van der Waals surface area contributed by atoms with Crippen molar-refractivity contribution in [3.8, 4) is 11.5 Å². The first kappa shape index (κ1) is 17.7. The second kappa shape index (κ2) is 8.80. The van der Waals surface area contributed by atoms with E-state index in [-0.39, 0.29) is 5.82 Å². The molecule has 1 aromatic heterocycles. The van der Waals surface area contributed by atoms with E-state index in [1.165, 1.54) is 6.07 Å². The average Bonchev–Trinajstić information content (AvgIpc) is 3.14. The molecule has 0 spiro atoms. The molecule has 0 aliphatic rings. The number of aromatic nitrogens is 1. The number of hydrogen-bond acceptors (Lipinski definition) is 3. The number of benzene rings is 2. The van der Waals surface area contributed by atoms with Gasteiger partial charge in [0.2, 0.25) is 5.89 Å². The molecule has 5 nitrogen and oxygen atoms in total. The minimum absolute atomic E-state index is 0.217. The van der Waals surface area contributed by atoms with Crippen LogP contribution in [-0.4, -0.2) is 24.5 Å². The average molecular weight is 352 g/mol. The van der Waals surface area contributed by atoms with Crippen LogP contribution >= 0.6 is 0 Å². The summed E-state index contributed by atoms with van der Waals surface area (Å²) in [5.74, 6) is 1.03. The summed E-state index contributed by atoms with van der Waals surface area (Å²) in [6, 6.07) is 16.4. The Hall–Kier alpha value is -3.15. The smallest absolute Gasteiger partial charge is 0.226 e. The maximum absolute atomic E-state index is 13.2. The van der Waals surface area contributed by atoms with Crippen LogP contribution in [0.15, 0.2) is 70.3 Å². The highest BCUT2D eigenvalue weighted by Gasteiger charge is 2.07. The van der Waals surface area contributed by atoms with E-state index < -0.39 is 0 Å². The highest BCUT2D eigenvalue weighted by Crippen LogP contribution is 2.17. The van der Waals surface area contributed by atoms with E-state index in [0.29, 0.717) is 31.4 Å². The van der Waals surface area contributed by atoms with Crippen LogP contribution in [0.25, 0.3) is 11.5 Å². The summed E-state index contributed by atoms with van der Waals surface area (Å²) < 4.78 is 18.7. The van der Waals surface area contributed by atoms with Crippen molar-refractivity contribution in [3.05, 3.63) is 77.9 Å². The third-order valence-electron chi connectivity index (χ3n) is 3.83. The number of nitrogens with zero attached hydrogens (tertiary/aromatic N) is 2. The van der Waals surface area contributed by atoms with Crippen LogP contribution in [0, 0.1) is 5.82 Å². The Bertz CT molecular complexity index is 861. The molecule has 134 valence electrons. The van der Waals surface area contributed by atoms with Crippen molar-refractivity contribution in [3.63, 3.8) is 0 Å². The van der Waals surface area contributed by atoms with E-state index in [0.717, 1.165) is 16.8 Å². The molecule has 3 aromatic rings. The fraction of sp³-hybridized carbons (Fsp3) is 0.200. The molecule has 0 radical (unpaired) electrons. The summed E-state index contributed by atoms with van der Waals surface area (Å²) in [5.41, 5.74) is 2.67. The summed E-state index contributed by atoms with van der Waals surface area (Å²) in [5, 5.41) is 6.39. The molecule has 2 aromatic carbocycles. The number of guanidine groups is 1. The van der Waals surface area contributed by atoms with Gasteiger partial charge in [-0.25, -0.2) is 9.37 Å². The van der Waals surface area contributed by atoms with Gasteiger partial charge in [0.15, 0.2) is 5.96 Å². The SMILES string of the molecule is CN=C(NCCc1cccc(F)c1)NCc1coc(-c2ccccc2)n1. The first-order chi connectivity index (χ1) is 12.7. The van der Waals surface area contributed by atoms with Gasteiger partial charge in [0.1, 0.15) is 12.1 Å². The van der Waals surface area contributed by atoms with E-state index in [1.54, 1.807) is 25.4 Å². The van der Waals surface area contributed by atoms with Gasteiger partial charge in [-0.2, -0.15) is 0 Å². The molecule has 0 atom stereocenters. The van der Waals surface area contributed by atoms with Gasteiger partial charge in [0.25, 0.3) is 0 Å². The molecule has 0 aliphatic heterocycles. The zero-order valence-corrected chi connectivity index (χ0v) is 14.6. The van der Waals surface area contributed by atoms with E-state index >= 15 is 0 Å². The van der Waals surface area contributed by atoms with Crippen LogP contribution in [0.2, 0.25) is 0 Å². The topological polar surface area (TPSA) is 62.5 Å². The van der Waals surface area contributed by atoms with Crippen LogP contribution in [-0.2, 0) is 13.0 Å². The van der Waals surface area contributed by atoms with Gasteiger partial charge in [-0.3, -0.25) is 4.99 Å². The molecule has 3 rings (SSSR count). The molecular formula is C20H21FN4O. The maximum Gasteiger partial charge on any atom is 0.226 e. The molecule has 26 heavy (non-hydrogen) atoms. The molecule has 0 saturated carbocycles. The Morgan fingerprint density at radius 1 is 1.12 bits per heavy atom. The van der Waals surface area contributed by atoms with Gasteiger partial charge < -0.3 is 15.1 Å². The van der Waals surface area contributed by atoms with Crippen LogP contribution in [0.5, 0.6) is 0 Å². The van der Waals surface area contributed by atoms with Crippen molar-refractivity contribution in [2.45, 2.75) is 13.0 Å². The molecule has 0 fully saturated rings. The molecule has 0 unspecified atom stereocenters. The quantitative estimate of drug-likeness (QED) is 0.527. The molecular weight excluding hydrogens is 331 g/mol. The first-order valence-corrected chi connectivity index (χ1v) is 8.43. The monoisotopic (exact) mass is 352 g/mol. The predicted octanol–water partition coefficient (Wildman–Crippen LogP) is 3.39. The number of halogens is 1. The number of hydrogen-bond donors (Lipinski definition) is 2. The lowest BCUT2D eigenvalue weighted by Gasteiger charge is -2.10. The highest BCUT2D eigenvalue weighted by atomic mass is 19.1. The zero-order valence-electron chi connectivity index (χ0n) is 14.6. The molecule has 6 heteroatoms. The molecule has 0 bridgehead atoms. The second-order valence-corrected chi connectivity index (χ2v) is 5.74. The number of aliphatic imine (C=N–C) groups is 1. The van der Waals surface area contributed by atoms with E-state index in [4.69, 9.17) is 4.42 Å². The zero-order chi connectivity index (χ0) is 18.2. The van der Waals surface area contributed by atoms with Crippen molar-refractivity contribution in [2.24, 2.45) is 4.99 Å². The van der Waals surface area contributed by atoms with Gasteiger partial charge in [-0.1, -0.05) is 30.3 Å². The Balaban J connectivity index is 1.48. The van der Waals surface area contributed by atoms with Gasteiger partial charge in [-0.05, 0) is 36.2 Å². The van der Waals surface area contributed by atoms with E-state index in [2.05, 4.69) is 20.6 Å². The van der Waals surface area contributed by atoms with Crippen molar-refractivity contribution in [2.75, 3.05) is 13.6 Å². The second-order valence-electron chi connectivity index (χ2n) is 5.74. The highest BCUT2D eigenvalue weighted by molar-refractivity contribution is 5.79. The van der Waals surface area contributed by atoms with Crippen LogP contribution < -0.4 is 10.6 Å².